The van der Waals surface area contributed by atoms with Crippen LogP contribution in [0.1, 0.15) is 40.0 Å². The second kappa shape index (κ2) is 5.70. The van der Waals surface area contributed by atoms with E-state index < -0.39 is 17.6 Å². The first-order chi connectivity index (χ1) is 6.91. The minimum atomic E-state index is -1.03. The Morgan fingerprint density at radius 3 is 2.07 bits per heavy atom. The van der Waals surface area contributed by atoms with E-state index in [1.807, 2.05) is 13.8 Å². The average Bonchev–Trinajstić information content (AvgIpc) is 2.23. The number of carboxylic acids is 1. The summed E-state index contributed by atoms with van der Waals surface area (Å²) >= 11 is 0. The van der Waals surface area contributed by atoms with Crippen LogP contribution in [-0.2, 0) is 9.59 Å². The maximum atomic E-state index is 11.7. The molecule has 0 saturated carbocycles. The second-order valence-electron chi connectivity index (χ2n) is 3.64. The zero-order valence-corrected chi connectivity index (χ0v) is 9.54. The summed E-state index contributed by atoms with van der Waals surface area (Å²) in [5.74, 6) is -1.41. The molecule has 1 atom stereocenters. The molecule has 0 saturated heterocycles. The van der Waals surface area contributed by atoms with Gasteiger partial charge in [0.1, 0.15) is 6.04 Å². The molecule has 1 amide bonds. The summed E-state index contributed by atoms with van der Waals surface area (Å²) in [4.78, 5) is 22.4. The molecule has 4 N–H and O–H groups in total. The second-order valence-corrected chi connectivity index (χ2v) is 3.64. The quantitative estimate of drug-likeness (QED) is 0.602. The molecule has 0 heterocycles. The highest BCUT2D eigenvalue weighted by Crippen LogP contribution is 2.11. The summed E-state index contributed by atoms with van der Waals surface area (Å²) in [6.45, 7) is 5.32. The van der Waals surface area contributed by atoms with Crippen LogP contribution in [0.25, 0.3) is 0 Å². The maximum Gasteiger partial charge on any atom is 0.326 e. The van der Waals surface area contributed by atoms with Crippen molar-refractivity contribution in [1.82, 2.24) is 5.32 Å². The van der Waals surface area contributed by atoms with E-state index >= 15 is 0 Å². The molecular weight excluding hydrogens is 196 g/mol. The van der Waals surface area contributed by atoms with Gasteiger partial charge in [-0.15, -0.1) is 0 Å². The van der Waals surface area contributed by atoms with Crippen LogP contribution in [-0.4, -0.2) is 28.6 Å². The molecule has 5 nitrogen and oxygen atoms in total. The Kier molecular flexibility index (Phi) is 5.28. The third-order valence-electron chi connectivity index (χ3n) is 2.73. The van der Waals surface area contributed by atoms with E-state index in [1.165, 1.54) is 0 Å². The Morgan fingerprint density at radius 1 is 1.33 bits per heavy atom. The molecule has 0 aliphatic heterocycles. The molecule has 5 heteroatoms. The van der Waals surface area contributed by atoms with Crippen LogP contribution in [0.4, 0.5) is 0 Å². The van der Waals surface area contributed by atoms with Gasteiger partial charge in [-0.1, -0.05) is 20.8 Å². The fraction of sp³-hybridized carbons (Fsp3) is 0.800. The molecule has 0 aromatic rings. The van der Waals surface area contributed by atoms with E-state index in [0.717, 1.165) is 0 Å². The van der Waals surface area contributed by atoms with Crippen molar-refractivity contribution >= 4 is 11.9 Å². The number of hydrogen-bond donors (Lipinski definition) is 3. The number of hydrogen-bond acceptors (Lipinski definition) is 3. The van der Waals surface area contributed by atoms with Crippen LogP contribution in [0.2, 0.25) is 0 Å². The lowest BCUT2D eigenvalue weighted by Crippen LogP contribution is -2.56. The molecule has 0 bridgehead atoms. The van der Waals surface area contributed by atoms with E-state index in [2.05, 4.69) is 5.32 Å². The first kappa shape index (κ1) is 13.9. The van der Waals surface area contributed by atoms with Crippen LogP contribution in [0.5, 0.6) is 0 Å². The summed E-state index contributed by atoms with van der Waals surface area (Å²) in [5.41, 5.74) is 4.88. The molecule has 0 aliphatic carbocycles. The highest BCUT2D eigenvalue weighted by Gasteiger charge is 2.32. The molecule has 0 radical (unpaired) electrons. The van der Waals surface area contributed by atoms with Crippen molar-refractivity contribution in [3.63, 3.8) is 0 Å². The van der Waals surface area contributed by atoms with Gasteiger partial charge in [-0.05, 0) is 19.3 Å². The molecule has 0 fully saturated rings. The van der Waals surface area contributed by atoms with Crippen molar-refractivity contribution in [3.05, 3.63) is 0 Å². The van der Waals surface area contributed by atoms with E-state index in [1.54, 1.807) is 6.92 Å². The third-order valence-corrected chi connectivity index (χ3v) is 2.73. The number of aliphatic carboxylic acids is 1. The number of nitrogens with two attached hydrogens (primary N) is 1. The first-order valence-electron chi connectivity index (χ1n) is 5.23. The molecule has 0 spiro atoms. The van der Waals surface area contributed by atoms with Crippen LogP contribution in [0.3, 0.4) is 0 Å². The lowest BCUT2D eigenvalue weighted by Gasteiger charge is -2.26. The Morgan fingerprint density at radius 2 is 1.80 bits per heavy atom. The zero-order chi connectivity index (χ0) is 12.1. The molecule has 0 aromatic carbocycles. The van der Waals surface area contributed by atoms with Crippen molar-refractivity contribution in [2.75, 3.05) is 0 Å². The van der Waals surface area contributed by atoms with Gasteiger partial charge < -0.3 is 16.2 Å². The van der Waals surface area contributed by atoms with E-state index in [-0.39, 0.29) is 5.91 Å². The zero-order valence-electron chi connectivity index (χ0n) is 9.54. The summed E-state index contributed by atoms with van der Waals surface area (Å²) in [7, 11) is 0. The Labute approximate surface area is 90.0 Å². The third kappa shape index (κ3) is 3.51. The number of amides is 1. The predicted octanol–water partition coefficient (Wildman–Crippen LogP) is 0.483. The van der Waals surface area contributed by atoms with Crippen molar-refractivity contribution in [1.29, 1.82) is 0 Å². The van der Waals surface area contributed by atoms with Gasteiger partial charge in [-0.25, -0.2) is 4.79 Å². The van der Waals surface area contributed by atoms with E-state index in [0.29, 0.717) is 19.3 Å². The van der Waals surface area contributed by atoms with Crippen LogP contribution in [0.15, 0.2) is 0 Å². The van der Waals surface area contributed by atoms with Crippen LogP contribution in [0, 0.1) is 0 Å². The SMILES string of the molecule is CCC(NC(=O)C(N)(CC)CC)C(=O)O. The molecular formula is C10H20N2O3. The molecule has 0 rings (SSSR count). The lowest BCUT2D eigenvalue weighted by atomic mass is 9.93. The van der Waals surface area contributed by atoms with Gasteiger partial charge in [-0.3, -0.25) is 4.79 Å². The molecule has 0 aliphatic rings. The van der Waals surface area contributed by atoms with Gasteiger partial charge >= 0.3 is 5.97 Å². The highest BCUT2D eigenvalue weighted by molar-refractivity contribution is 5.89. The monoisotopic (exact) mass is 216 g/mol. The van der Waals surface area contributed by atoms with Crippen LogP contribution < -0.4 is 11.1 Å². The fourth-order valence-corrected chi connectivity index (χ4v) is 1.21. The summed E-state index contributed by atoms with van der Waals surface area (Å²) < 4.78 is 0. The number of nitrogens with one attached hydrogen (secondary N) is 1. The minimum absolute atomic E-state index is 0.352. The minimum Gasteiger partial charge on any atom is -0.480 e. The Balaban J connectivity index is 4.52. The molecule has 15 heavy (non-hydrogen) atoms. The number of rotatable bonds is 6. The maximum absolute atomic E-state index is 11.7. The largest absolute Gasteiger partial charge is 0.480 e. The average molecular weight is 216 g/mol. The van der Waals surface area contributed by atoms with Gasteiger partial charge in [0, 0.05) is 0 Å². The van der Waals surface area contributed by atoms with Gasteiger partial charge in [0.05, 0.1) is 5.54 Å². The molecule has 1 unspecified atom stereocenters. The summed E-state index contributed by atoms with van der Waals surface area (Å²) in [6.07, 6.45) is 1.33. The number of carbonyl (C=O) groups excluding carboxylic acids is 1. The van der Waals surface area contributed by atoms with Crippen molar-refractivity contribution < 1.29 is 14.7 Å². The van der Waals surface area contributed by atoms with E-state index in [9.17, 15) is 9.59 Å². The number of carboxylic acid groups (broad SMARTS) is 1. The fourth-order valence-electron chi connectivity index (χ4n) is 1.21. The van der Waals surface area contributed by atoms with Gasteiger partial charge in [-0.2, -0.15) is 0 Å². The Bertz CT molecular complexity index is 237. The standard InChI is InChI=1S/C10H20N2O3/c1-4-7(8(13)14)12-9(15)10(11,5-2)6-3/h7H,4-6,11H2,1-3H3,(H,12,15)(H,13,14). The Hall–Kier alpha value is -1.10. The first-order valence-corrected chi connectivity index (χ1v) is 5.23. The van der Waals surface area contributed by atoms with E-state index in [4.69, 9.17) is 10.8 Å². The highest BCUT2D eigenvalue weighted by atomic mass is 16.4. The predicted molar refractivity (Wildman–Crippen MR) is 57.4 cm³/mol. The molecule has 0 aromatic heterocycles. The van der Waals surface area contributed by atoms with Crippen molar-refractivity contribution in [3.8, 4) is 0 Å². The summed E-state index contributed by atoms with van der Waals surface area (Å²) in [5, 5.41) is 11.2. The van der Waals surface area contributed by atoms with Gasteiger partial charge in [0.2, 0.25) is 5.91 Å². The normalized spacial score (nSPS) is 13.3. The van der Waals surface area contributed by atoms with Crippen molar-refractivity contribution in [2.45, 2.75) is 51.6 Å². The molecule has 88 valence electrons. The summed E-state index contributed by atoms with van der Waals surface area (Å²) in [6, 6.07) is -0.849. The topological polar surface area (TPSA) is 92.4 Å². The van der Waals surface area contributed by atoms with Gasteiger partial charge in [0.25, 0.3) is 0 Å². The number of carbonyl (C=O) groups is 2. The van der Waals surface area contributed by atoms with Crippen molar-refractivity contribution in [2.24, 2.45) is 5.73 Å². The lowest BCUT2D eigenvalue weighted by molar-refractivity contribution is -0.142. The smallest absolute Gasteiger partial charge is 0.326 e. The van der Waals surface area contributed by atoms with Crippen LogP contribution >= 0.6 is 0 Å². The van der Waals surface area contributed by atoms with Gasteiger partial charge in [0.15, 0.2) is 0 Å².